The van der Waals surface area contributed by atoms with Gasteiger partial charge in [0.25, 0.3) is 5.91 Å². The van der Waals surface area contributed by atoms with Crippen LogP contribution in [0.4, 0.5) is 13.2 Å². The third-order valence-corrected chi connectivity index (χ3v) is 4.14. The Labute approximate surface area is 143 Å². The number of rotatable bonds is 5. The number of hydrogen-bond donors (Lipinski definition) is 1. The Balaban J connectivity index is 1.72. The summed E-state index contributed by atoms with van der Waals surface area (Å²) in [6.07, 6.45) is -3.02. The first-order valence-corrected chi connectivity index (χ1v) is 8.00. The van der Waals surface area contributed by atoms with E-state index in [1.165, 1.54) is 11.3 Å². The summed E-state index contributed by atoms with van der Waals surface area (Å²) >= 11 is 1.22. The van der Waals surface area contributed by atoms with Crippen molar-refractivity contribution in [1.82, 2.24) is 25.2 Å². The Morgan fingerprint density at radius 3 is 2.84 bits per heavy atom. The quantitative estimate of drug-likeness (QED) is 0.745. The molecule has 0 aliphatic heterocycles. The maximum absolute atomic E-state index is 12.5. The summed E-state index contributed by atoms with van der Waals surface area (Å²) in [5, 5.41) is 10.2. The van der Waals surface area contributed by atoms with Crippen LogP contribution in [0, 0.1) is 0 Å². The van der Waals surface area contributed by atoms with Crippen LogP contribution >= 0.6 is 11.3 Å². The van der Waals surface area contributed by atoms with Crippen LogP contribution in [-0.4, -0.2) is 32.4 Å². The number of aromatic nitrogens is 4. The van der Waals surface area contributed by atoms with Crippen LogP contribution in [0.2, 0.25) is 0 Å². The van der Waals surface area contributed by atoms with Crippen molar-refractivity contribution in [2.24, 2.45) is 0 Å². The van der Waals surface area contributed by atoms with E-state index >= 15 is 0 Å². The second-order valence-electron chi connectivity index (χ2n) is 4.94. The predicted molar refractivity (Wildman–Crippen MR) is 81.9 cm³/mol. The SMILES string of the molecule is CCNC(=O)c1ccn(Cc2ccc(-c3noc(C(F)(F)F)n3)s2)n1. The van der Waals surface area contributed by atoms with Gasteiger partial charge in [-0.05, 0) is 25.1 Å². The zero-order valence-electron chi connectivity index (χ0n) is 12.9. The fraction of sp³-hybridized carbons (Fsp3) is 0.286. The average Bonchev–Trinajstić information content (AvgIpc) is 3.27. The number of halogens is 3. The van der Waals surface area contributed by atoms with Crippen molar-refractivity contribution in [2.75, 3.05) is 6.54 Å². The molecule has 0 aliphatic carbocycles. The van der Waals surface area contributed by atoms with Gasteiger partial charge in [-0.25, -0.2) is 0 Å². The molecule has 0 spiro atoms. The molecular formula is C14H12F3N5O2S. The number of nitrogens with one attached hydrogen (secondary N) is 1. The number of alkyl halides is 3. The molecule has 3 heterocycles. The van der Waals surface area contributed by atoms with E-state index in [1.54, 1.807) is 29.1 Å². The minimum absolute atomic E-state index is 0.118. The summed E-state index contributed by atoms with van der Waals surface area (Å²) in [4.78, 5) is 16.3. The van der Waals surface area contributed by atoms with Crippen LogP contribution < -0.4 is 5.32 Å². The van der Waals surface area contributed by atoms with Crippen molar-refractivity contribution in [3.63, 3.8) is 0 Å². The number of amides is 1. The highest BCUT2D eigenvalue weighted by molar-refractivity contribution is 7.15. The van der Waals surface area contributed by atoms with Gasteiger partial charge in [0, 0.05) is 17.6 Å². The predicted octanol–water partition coefficient (Wildman–Crippen LogP) is 2.81. The van der Waals surface area contributed by atoms with Gasteiger partial charge in [-0.3, -0.25) is 9.48 Å². The molecule has 1 amide bonds. The molecule has 25 heavy (non-hydrogen) atoms. The van der Waals surface area contributed by atoms with Crippen LogP contribution in [0.1, 0.15) is 28.2 Å². The number of thiophene rings is 1. The van der Waals surface area contributed by atoms with E-state index in [9.17, 15) is 18.0 Å². The molecule has 132 valence electrons. The van der Waals surface area contributed by atoms with Crippen molar-refractivity contribution >= 4 is 17.2 Å². The monoisotopic (exact) mass is 371 g/mol. The van der Waals surface area contributed by atoms with Gasteiger partial charge in [0.1, 0.15) is 5.69 Å². The molecule has 0 unspecified atom stereocenters. The lowest BCUT2D eigenvalue weighted by atomic mass is 10.4. The Bertz CT molecular complexity index is 883. The molecule has 0 saturated heterocycles. The van der Waals surface area contributed by atoms with E-state index in [-0.39, 0.29) is 11.7 Å². The highest BCUT2D eigenvalue weighted by Gasteiger charge is 2.38. The number of nitrogens with zero attached hydrogens (tertiary/aromatic N) is 4. The van der Waals surface area contributed by atoms with E-state index < -0.39 is 12.1 Å². The lowest BCUT2D eigenvalue weighted by Crippen LogP contribution is -2.23. The zero-order valence-corrected chi connectivity index (χ0v) is 13.7. The summed E-state index contributed by atoms with van der Waals surface area (Å²) in [7, 11) is 0. The lowest BCUT2D eigenvalue weighted by Gasteiger charge is -1.99. The smallest absolute Gasteiger partial charge is 0.351 e. The van der Waals surface area contributed by atoms with Gasteiger partial charge in [0.15, 0.2) is 0 Å². The van der Waals surface area contributed by atoms with Gasteiger partial charge in [0.05, 0.1) is 11.4 Å². The largest absolute Gasteiger partial charge is 0.471 e. The summed E-state index contributed by atoms with van der Waals surface area (Å²) < 4.78 is 43.3. The zero-order chi connectivity index (χ0) is 18.0. The van der Waals surface area contributed by atoms with Crippen LogP contribution in [0.5, 0.6) is 0 Å². The molecule has 0 radical (unpaired) electrons. The Morgan fingerprint density at radius 2 is 2.16 bits per heavy atom. The molecule has 11 heteroatoms. The van der Waals surface area contributed by atoms with Crippen LogP contribution in [0.25, 0.3) is 10.7 Å². The van der Waals surface area contributed by atoms with Crippen LogP contribution in [-0.2, 0) is 12.7 Å². The first-order valence-electron chi connectivity index (χ1n) is 7.18. The summed E-state index contributed by atoms with van der Waals surface area (Å²) in [6.45, 7) is 2.68. The average molecular weight is 371 g/mol. The maximum Gasteiger partial charge on any atom is 0.471 e. The van der Waals surface area contributed by atoms with E-state index in [0.717, 1.165) is 4.88 Å². The van der Waals surface area contributed by atoms with E-state index in [4.69, 9.17) is 0 Å². The molecule has 0 bridgehead atoms. The summed E-state index contributed by atoms with van der Waals surface area (Å²) in [5.74, 6) is -1.76. The second kappa shape index (κ2) is 6.67. The van der Waals surface area contributed by atoms with Gasteiger partial charge in [-0.1, -0.05) is 5.16 Å². The minimum atomic E-state index is -4.67. The molecule has 0 aromatic carbocycles. The molecular weight excluding hydrogens is 359 g/mol. The molecule has 0 saturated carbocycles. The highest BCUT2D eigenvalue weighted by atomic mass is 32.1. The maximum atomic E-state index is 12.5. The van der Waals surface area contributed by atoms with Crippen LogP contribution in [0.15, 0.2) is 28.9 Å². The standard InChI is InChI=1S/C14H12F3N5O2S/c1-2-18-12(23)9-5-6-22(20-9)7-8-3-4-10(25-8)11-19-13(24-21-11)14(15,16)17/h3-6H,2,7H2,1H3,(H,18,23). The van der Waals surface area contributed by atoms with Gasteiger partial charge < -0.3 is 9.84 Å². The first-order chi connectivity index (χ1) is 11.9. The second-order valence-corrected chi connectivity index (χ2v) is 6.11. The number of hydrogen-bond acceptors (Lipinski definition) is 6. The van der Waals surface area contributed by atoms with Crippen molar-refractivity contribution in [3.8, 4) is 10.7 Å². The minimum Gasteiger partial charge on any atom is -0.351 e. The number of carbonyl (C=O) groups is 1. The third kappa shape index (κ3) is 3.87. The lowest BCUT2D eigenvalue weighted by molar-refractivity contribution is -0.159. The summed E-state index contributed by atoms with van der Waals surface area (Å²) in [6, 6.07) is 4.94. The third-order valence-electron chi connectivity index (χ3n) is 3.08. The van der Waals surface area contributed by atoms with Crippen molar-refractivity contribution < 1.29 is 22.5 Å². The fourth-order valence-corrected chi connectivity index (χ4v) is 2.93. The Morgan fingerprint density at radius 1 is 1.36 bits per heavy atom. The molecule has 7 nitrogen and oxygen atoms in total. The topological polar surface area (TPSA) is 85.8 Å². The van der Waals surface area contributed by atoms with Gasteiger partial charge >= 0.3 is 12.1 Å². The van der Waals surface area contributed by atoms with E-state index in [1.807, 2.05) is 6.92 Å². The molecule has 0 atom stereocenters. The molecule has 0 fully saturated rings. The molecule has 3 aromatic rings. The van der Waals surface area contributed by atoms with Crippen LogP contribution in [0.3, 0.4) is 0 Å². The number of carbonyl (C=O) groups excluding carboxylic acids is 1. The Hall–Kier alpha value is -2.69. The van der Waals surface area contributed by atoms with Gasteiger partial charge in [0.2, 0.25) is 5.82 Å². The highest BCUT2D eigenvalue weighted by Crippen LogP contribution is 2.31. The van der Waals surface area contributed by atoms with Crippen molar-refractivity contribution in [1.29, 1.82) is 0 Å². The van der Waals surface area contributed by atoms with Gasteiger partial charge in [-0.2, -0.15) is 23.3 Å². The fourth-order valence-electron chi connectivity index (χ4n) is 2.00. The Kier molecular flexibility index (Phi) is 4.57. The van der Waals surface area contributed by atoms with E-state index in [2.05, 4.69) is 25.1 Å². The molecule has 0 aliphatic rings. The van der Waals surface area contributed by atoms with Crippen molar-refractivity contribution in [2.45, 2.75) is 19.6 Å². The summed E-state index contributed by atoms with van der Waals surface area (Å²) in [5.41, 5.74) is 0.298. The van der Waals surface area contributed by atoms with Crippen molar-refractivity contribution in [3.05, 3.63) is 40.9 Å². The first kappa shape index (κ1) is 17.1. The normalized spacial score (nSPS) is 11.7. The molecule has 3 aromatic heterocycles. The molecule has 1 N–H and O–H groups in total. The van der Waals surface area contributed by atoms with E-state index in [0.29, 0.717) is 23.7 Å². The van der Waals surface area contributed by atoms with Gasteiger partial charge in [-0.15, -0.1) is 11.3 Å². The molecule has 3 rings (SSSR count).